The lowest BCUT2D eigenvalue weighted by atomic mass is 9.95. The number of anilines is 1. The second-order valence-electron chi connectivity index (χ2n) is 7.67. The normalized spacial score (nSPS) is 15.2. The summed E-state index contributed by atoms with van der Waals surface area (Å²) in [5.74, 6) is 0.965. The van der Waals surface area contributed by atoms with Gasteiger partial charge in [-0.2, -0.15) is 0 Å². The second kappa shape index (κ2) is 10.2. The van der Waals surface area contributed by atoms with Crippen molar-refractivity contribution in [3.63, 3.8) is 0 Å². The SMILES string of the molecule is Cc1ccc(CN2CCC(C(=O)Nc3nnc(SCc4ccccc4)s3)CC2)cc1. The molecule has 3 aromatic rings. The van der Waals surface area contributed by atoms with E-state index in [4.69, 9.17) is 0 Å². The highest BCUT2D eigenvalue weighted by Gasteiger charge is 2.25. The molecule has 1 aliphatic heterocycles. The standard InChI is InChI=1S/C23H26N4OS2/c1-17-7-9-18(10-8-17)15-27-13-11-20(12-14-27)21(28)24-22-25-26-23(30-22)29-16-19-5-3-2-4-6-19/h2-10,20H,11-16H2,1H3,(H,24,25,28). The van der Waals surface area contributed by atoms with Crippen LogP contribution in [0.1, 0.15) is 29.5 Å². The molecule has 1 amide bonds. The Morgan fingerprint density at radius 2 is 1.80 bits per heavy atom. The molecule has 0 bridgehead atoms. The largest absolute Gasteiger partial charge is 0.300 e. The first-order valence-corrected chi connectivity index (χ1v) is 12.0. The highest BCUT2D eigenvalue weighted by Crippen LogP contribution is 2.29. The fourth-order valence-electron chi connectivity index (χ4n) is 3.55. The Morgan fingerprint density at radius 3 is 2.53 bits per heavy atom. The molecule has 0 unspecified atom stereocenters. The van der Waals surface area contributed by atoms with Gasteiger partial charge in [0.1, 0.15) is 0 Å². The molecular formula is C23H26N4OS2. The molecule has 1 fully saturated rings. The predicted octanol–water partition coefficient (Wildman–Crippen LogP) is 4.99. The van der Waals surface area contributed by atoms with E-state index in [1.165, 1.54) is 28.0 Å². The summed E-state index contributed by atoms with van der Waals surface area (Å²) < 4.78 is 0.877. The average molecular weight is 439 g/mol. The zero-order chi connectivity index (χ0) is 20.8. The Hall–Kier alpha value is -2.22. The Morgan fingerprint density at radius 1 is 1.07 bits per heavy atom. The van der Waals surface area contributed by atoms with Gasteiger partial charge in [-0.1, -0.05) is 83.3 Å². The van der Waals surface area contributed by atoms with Crippen molar-refractivity contribution >= 4 is 34.1 Å². The lowest BCUT2D eigenvalue weighted by Gasteiger charge is -2.31. The number of amides is 1. The number of benzene rings is 2. The number of rotatable bonds is 7. The Balaban J connectivity index is 1.22. The van der Waals surface area contributed by atoms with Gasteiger partial charge in [-0.25, -0.2) is 0 Å². The molecular weight excluding hydrogens is 412 g/mol. The number of hydrogen-bond acceptors (Lipinski definition) is 6. The van der Waals surface area contributed by atoms with Crippen molar-refractivity contribution in [1.29, 1.82) is 0 Å². The molecule has 0 spiro atoms. The number of nitrogens with zero attached hydrogens (tertiary/aromatic N) is 3. The van der Waals surface area contributed by atoms with Crippen LogP contribution in [-0.2, 0) is 17.1 Å². The third-order valence-corrected chi connectivity index (χ3v) is 7.37. The zero-order valence-corrected chi connectivity index (χ0v) is 18.7. The van der Waals surface area contributed by atoms with Crippen LogP contribution in [0.2, 0.25) is 0 Å². The van der Waals surface area contributed by atoms with Gasteiger partial charge in [0.2, 0.25) is 11.0 Å². The number of piperidine rings is 1. The van der Waals surface area contributed by atoms with Gasteiger partial charge in [-0.3, -0.25) is 9.69 Å². The van der Waals surface area contributed by atoms with E-state index >= 15 is 0 Å². The first-order chi connectivity index (χ1) is 14.7. The van der Waals surface area contributed by atoms with Gasteiger partial charge in [0, 0.05) is 18.2 Å². The maximum atomic E-state index is 12.7. The third kappa shape index (κ3) is 5.90. The van der Waals surface area contributed by atoms with Crippen LogP contribution in [0, 0.1) is 12.8 Å². The average Bonchev–Trinajstić information content (AvgIpc) is 3.22. The summed E-state index contributed by atoms with van der Waals surface area (Å²) in [5, 5.41) is 11.9. The van der Waals surface area contributed by atoms with Crippen LogP contribution in [0.5, 0.6) is 0 Å². The number of carbonyl (C=O) groups is 1. The van der Waals surface area contributed by atoms with E-state index in [-0.39, 0.29) is 11.8 Å². The van der Waals surface area contributed by atoms with Crippen molar-refractivity contribution < 1.29 is 4.79 Å². The van der Waals surface area contributed by atoms with Crippen molar-refractivity contribution in [3.05, 3.63) is 71.3 Å². The minimum atomic E-state index is 0.0450. The lowest BCUT2D eigenvalue weighted by molar-refractivity contribution is -0.121. The van der Waals surface area contributed by atoms with Gasteiger partial charge in [0.25, 0.3) is 0 Å². The van der Waals surface area contributed by atoms with E-state index in [0.29, 0.717) is 5.13 Å². The lowest BCUT2D eigenvalue weighted by Crippen LogP contribution is -2.37. The monoisotopic (exact) mass is 438 g/mol. The summed E-state index contributed by atoms with van der Waals surface area (Å²) in [7, 11) is 0. The molecule has 156 valence electrons. The van der Waals surface area contributed by atoms with Gasteiger partial charge >= 0.3 is 0 Å². The molecule has 0 aliphatic carbocycles. The van der Waals surface area contributed by atoms with E-state index < -0.39 is 0 Å². The molecule has 7 heteroatoms. The Bertz CT molecular complexity index is 951. The van der Waals surface area contributed by atoms with Gasteiger partial charge in [0.05, 0.1) is 0 Å². The zero-order valence-electron chi connectivity index (χ0n) is 17.1. The fourth-order valence-corrected chi connectivity index (χ4v) is 5.26. The quantitative estimate of drug-likeness (QED) is 0.416. The molecule has 1 aromatic heterocycles. The summed E-state index contributed by atoms with van der Waals surface area (Å²) in [6.07, 6.45) is 1.76. The Kier molecular flexibility index (Phi) is 7.15. The molecule has 4 rings (SSSR count). The molecule has 0 radical (unpaired) electrons. The van der Waals surface area contributed by atoms with E-state index in [1.807, 2.05) is 18.2 Å². The van der Waals surface area contributed by atoms with Crippen LogP contribution in [0.3, 0.4) is 0 Å². The third-order valence-electron chi connectivity index (χ3n) is 5.33. The molecule has 5 nitrogen and oxygen atoms in total. The molecule has 1 aliphatic rings. The molecule has 2 heterocycles. The van der Waals surface area contributed by atoms with Crippen molar-refractivity contribution in [1.82, 2.24) is 15.1 Å². The van der Waals surface area contributed by atoms with Gasteiger partial charge in [-0.15, -0.1) is 10.2 Å². The summed E-state index contributed by atoms with van der Waals surface area (Å²) in [6, 6.07) is 19.0. The smallest absolute Gasteiger partial charge is 0.229 e. The minimum absolute atomic E-state index is 0.0450. The van der Waals surface area contributed by atoms with Crippen molar-refractivity contribution in [2.75, 3.05) is 18.4 Å². The number of likely N-dealkylation sites (tertiary alicyclic amines) is 1. The van der Waals surface area contributed by atoms with Crippen LogP contribution in [0.15, 0.2) is 58.9 Å². The van der Waals surface area contributed by atoms with Crippen LogP contribution >= 0.6 is 23.1 Å². The van der Waals surface area contributed by atoms with Gasteiger partial charge in [0.15, 0.2) is 4.34 Å². The Labute approximate surface area is 185 Å². The van der Waals surface area contributed by atoms with Crippen LogP contribution in [0.25, 0.3) is 0 Å². The van der Waals surface area contributed by atoms with Crippen molar-refractivity contribution in [2.24, 2.45) is 5.92 Å². The summed E-state index contributed by atoms with van der Waals surface area (Å²) in [6.45, 7) is 4.95. The van der Waals surface area contributed by atoms with E-state index in [1.54, 1.807) is 11.8 Å². The minimum Gasteiger partial charge on any atom is -0.300 e. The number of nitrogens with one attached hydrogen (secondary N) is 1. The van der Waals surface area contributed by atoms with Crippen molar-refractivity contribution in [2.45, 2.75) is 36.4 Å². The topological polar surface area (TPSA) is 58.1 Å². The molecule has 0 saturated carbocycles. The second-order valence-corrected chi connectivity index (χ2v) is 9.87. The van der Waals surface area contributed by atoms with Gasteiger partial charge in [-0.05, 0) is 44.0 Å². The number of thioether (sulfide) groups is 1. The maximum absolute atomic E-state index is 12.7. The molecule has 30 heavy (non-hydrogen) atoms. The van der Waals surface area contributed by atoms with E-state index in [2.05, 4.69) is 63.7 Å². The molecule has 2 aromatic carbocycles. The summed E-state index contributed by atoms with van der Waals surface area (Å²) in [4.78, 5) is 15.1. The highest BCUT2D eigenvalue weighted by atomic mass is 32.2. The summed E-state index contributed by atoms with van der Waals surface area (Å²) in [5.41, 5.74) is 3.87. The highest BCUT2D eigenvalue weighted by molar-refractivity contribution is 8.00. The molecule has 1 N–H and O–H groups in total. The molecule has 1 saturated heterocycles. The first kappa shape index (κ1) is 21.0. The van der Waals surface area contributed by atoms with E-state index in [9.17, 15) is 4.79 Å². The van der Waals surface area contributed by atoms with E-state index in [0.717, 1.165) is 42.6 Å². The van der Waals surface area contributed by atoms with Crippen LogP contribution in [0.4, 0.5) is 5.13 Å². The maximum Gasteiger partial charge on any atom is 0.229 e. The number of carbonyl (C=O) groups excluding carboxylic acids is 1. The first-order valence-electron chi connectivity index (χ1n) is 10.2. The number of aromatic nitrogens is 2. The fraction of sp³-hybridized carbons (Fsp3) is 0.348. The van der Waals surface area contributed by atoms with Crippen molar-refractivity contribution in [3.8, 4) is 0 Å². The van der Waals surface area contributed by atoms with Gasteiger partial charge < -0.3 is 5.32 Å². The number of aryl methyl sites for hydroxylation is 1. The van der Waals surface area contributed by atoms with Crippen LogP contribution < -0.4 is 5.32 Å². The van der Waals surface area contributed by atoms with Crippen LogP contribution in [-0.4, -0.2) is 34.1 Å². The molecule has 0 atom stereocenters. The number of hydrogen-bond donors (Lipinski definition) is 1. The predicted molar refractivity (Wildman–Crippen MR) is 124 cm³/mol. The summed E-state index contributed by atoms with van der Waals surface area (Å²) >= 11 is 3.09.